The molecule has 2 aromatic rings. The number of sulfonamides is 1. The Morgan fingerprint density at radius 2 is 2.21 bits per heavy atom. The molecule has 10 heteroatoms. The fraction of sp³-hybridized carbons (Fsp3) is 0.526. The molecule has 0 bridgehead atoms. The minimum absolute atomic E-state index is 0.174. The molecule has 3 heterocycles. The van der Waals surface area contributed by atoms with Gasteiger partial charge in [-0.15, -0.1) is 11.3 Å². The second-order valence-corrected chi connectivity index (χ2v) is 11.5. The lowest BCUT2D eigenvalue weighted by Crippen LogP contribution is -2.29. The number of fused-ring (bicyclic) bond motifs is 1. The normalized spacial score (nSPS) is 23.9. The fourth-order valence-electron chi connectivity index (χ4n) is 4.45. The number of benzene rings is 1. The summed E-state index contributed by atoms with van der Waals surface area (Å²) in [6.07, 6.45) is 3.72. The summed E-state index contributed by atoms with van der Waals surface area (Å²) in [5.74, 6) is -0.387. The summed E-state index contributed by atoms with van der Waals surface area (Å²) in [5.41, 5.74) is 0.737. The van der Waals surface area contributed by atoms with Crippen molar-refractivity contribution in [2.75, 3.05) is 29.7 Å². The second-order valence-electron chi connectivity index (χ2n) is 8.54. The molecule has 6 nitrogen and oxygen atoms in total. The van der Waals surface area contributed by atoms with Crippen molar-refractivity contribution in [1.29, 1.82) is 0 Å². The predicted octanol–water partition coefficient (Wildman–Crippen LogP) is 4.27. The molecule has 0 amide bonds. The van der Waals surface area contributed by atoms with E-state index in [1.807, 2.05) is 0 Å². The summed E-state index contributed by atoms with van der Waals surface area (Å²) in [6, 6.07) is 2.84. The van der Waals surface area contributed by atoms with Crippen LogP contribution in [-0.2, 0) is 10.0 Å². The van der Waals surface area contributed by atoms with Gasteiger partial charge >= 0.3 is 0 Å². The van der Waals surface area contributed by atoms with Crippen molar-refractivity contribution < 1.29 is 12.8 Å². The molecule has 0 radical (unpaired) electrons. The Labute approximate surface area is 179 Å². The van der Waals surface area contributed by atoms with Crippen LogP contribution in [0.2, 0.25) is 5.02 Å². The van der Waals surface area contributed by atoms with E-state index in [1.54, 1.807) is 5.38 Å². The van der Waals surface area contributed by atoms with Crippen molar-refractivity contribution in [3.05, 3.63) is 34.5 Å². The van der Waals surface area contributed by atoms with Gasteiger partial charge in [0.25, 0.3) is 10.0 Å². The van der Waals surface area contributed by atoms with Crippen LogP contribution in [0.3, 0.4) is 0 Å². The highest BCUT2D eigenvalue weighted by molar-refractivity contribution is 7.93. The molecule has 1 aromatic carbocycles. The molecule has 4 rings (SSSR count). The van der Waals surface area contributed by atoms with Gasteiger partial charge in [0.15, 0.2) is 5.13 Å². The topological polar surface area (TPSA) is 74.3 Å². The monoisotopic (exact) mass is 458 g/mol. The van der Waals surface area contributed by atoms with E-state index in [1.165, 1.54) is 6.20 Å². The van der Waals surface area contributed by atoms with Crippen molar-refractivity contribution in [3.8, 4) is 0 Å². The maximum atomic E-state index is 14.6. The molecule has 0 aliphatic carbocycles. The summed E-state index contributed by atoms with van der Waals surface area (Å²) in [7, 11) is -4.10. The molecule has 2 N–H and O–H groups in total. The molecular weight excluding hydrogens is 435 g/mol. The summed E-state index contributed by atoms with van der Waals surface area (Å²) in [5, 5.41) is 5.21. The highest BCUT2D eigenvalue weighted by atomic mass is 35.5. The summed E-state index contributed by atoms with van der Waals surface area (Å²) >= 11 is 7.40. The van der Waals surface area contributed by atoms with Crippen LogP contribution in [0.4, 0.5) is 15.2 Å². The number of hydrogen-bond acceptors (Lipinski definition) is 6. The van der Waals surface area contributed by atoms with Gasteiger partial charge in [-0.1, -0.05) is 25.4 Å². The molecule has 2 aliphatic heterocycles. The van der Waals surface area contributed by atoms with Crippen LogP contribution in [0.1, 0.15) is 26.7 Å². The molecule has 0 spiro atoms. The van der Waals surface area contributed by atoms with Crippen molar-refractivity contribution >= 4 is 43.8 Å². The molecule has 0 saturated carbocycles. The highest BCUT2D eigenvalue weighted by Gasteiger charge is 2.44. The van der Waals surface area contributed by atoms with E-state index >= 15 is 0 Å². The molecule has 2 atom stereocenters. The van der Waals surface area contributed by atoms with Crippen LogP contribution < -0.4 is 10.0 Å². The molecule has 158 valence electrons. The Bertz CT molecular complexity index is 998. The largest absolute Gasteiger partial charge is 0.383 e. The zero-order chi connectivity index (χ0) is 20.8. The number of hydrogen-bond donors (Lipinski definition) is 2. The number of halogens is 2. The molecule has 2 aliphatic rings. The van der Waals surface area contributed by atoms with E-state index in [4.69, 9.17) is 11.6 Å². The first kappa shape index (κ1) is 20.8. The lowest BCUT2D eigenvalue weighted by molar-refractivity contribution is 0.285. The quantitative estimate of drug-likeness (QED) is 0.676. The second kappa shape index (κ2) is 7.68. The third-order valence-corrected chi connectivity index (χ3v) is 8.20. The van der Waals surface area contributed by atoms with Gasteiger partial charge in [0.05, 0.1) is 10.7 Å². The SMILES string of the molecule is CC1(C)CC2[C@H](CNc3cc(F)c(S(=O)(=O)Nc4nccs4)cc3Cl)CCN2C1. The summed E-state index contributed by atoms with van der Waals surface area (Å²) in [4.78, 5) is 5.91. The third kappa shape index (κ3) is 4.38. The van der Waals surface area contributed by atoms with Gasteiger partial charge in [-0.25, -0.2) is 17.8 Å². The number of thiazole rings is 1. The number of aromatic nitrogens is 1. The van der Waals surface area contributed by atoms with Gasteiger partial charge in [-0.2, -0.15) is 0 Å². The first-order valence-corrected chi connectivity index (χ1v) is 12.3. The maximum Gasteiger partial charge on any atom is 0.266 e. The Morgan fingerprint density at radius 1 is 1.41 bits per heavy atom. The van der Waals surface area contributed by atoms with Crippen LogP contribution in [0.25, 0.3) is 0 Å². The summed E-state index contributed by atoms with van der Waals surface area (Å²) in [6.45, 7) is 7.46. The van der Waals surface area contributed by atoms with E-state index in [9.17, 15) is 12.8 Å². The minimum Gasteiger partial charge on any atom is -0.383 e. The van der Waals surface area contributed by atoms with Crippen LogP contribution in [-0.4, -0.2) is 44.0 Å². The Hall–Kier alpha value is -1.42. The number of nitrogens with one attached hydrogen (secondary N) is 2. The zero-order valence-electron chi connectivity index (χ0n) is 16.3. The standard InChI is InChI=1S/C19H24ClFN4O2S2/c1-19(2)9-16-12(3-5-25(16)11-19)10-23-15-8-14(21)17(7-13(15)20)29(26,27)24-18-22-4-6-28-18/h4,6-8,12,16,23H,3,5,9-11H2,1-2H3,(H,22,24)/t12-,16?/m0/s1. The Morgan fingerprint density at radius 3 is 2.93 bits per heavy atom. The van der Waals surface area contributed by atoms with Gasteiger partial charge in [0.2, 0.25) is 0 Å². The third-order valence-electron chi connectivity index (χ3n) is 5.71. The van der Waals surface area contributed by atoms with Crippen molar-refractivity contribution in [3.63, 3.8) is 0 Å². The van der Waals surface area contributed by atoms with Gasteiger partial charge < -0.3 is 5.32 Å². The molecule has 1 aromatic heterocycles. The fourth-order valence-corrected chi connectivity index (χ4v) is 6.62. The minimum atomic E-state index is -4.10. The average molecular weight is 459 g/mol. The first-order valence-electron chi connectivity index (χ1n) is 9.54. The van der Waals surface area contributed by atoms with Gasteiger partial charge in [-0.05, 0) is 42.9 Å². The van der Waals surface area contributed by atoms with Crippen LogP contribution in [0.5, 0.6) is 0 Å². The van der Waals surface area contributed by atoms with Crippen LogP contribution >= 0.6 is 22.9 Å². The van der Waals surface area contributed by atoms with E-state index in [-0.39, 0.29) is 10.2 Å². The Balaban J connectivity index is 1.46. The van der Waals surface area contributed by atoms with E-state index in [0.29, 0.717) is 29.6 Å². The first-order chi connectivity index (χ1) is 13.6. The van der Waals surface area contributed by atoms with E-state index in [2.05, 4.69) is 33.8 Å². The Kier molecular flexibility index (Phi) is 5.52. The lowest BCUT2D eigenvalue weighted by Gasteiger charge is -2.22. The van der Waals surface area contributed by atoms with Gasteiger partial charge in [0.1, 0.15) is 10.7 Å². The van der Waals surface area contributed by atoms with E-state index in [0.717, 1.165) is 49.4 Å². The van der Waals surface area contributed by atoms with Crippen molar-refractivity contribution in [1.82, 2.24) is 9.88 Å². The lowest BCUT2D eigenvalue weighted by atomic mass is 9.86. The summed E-state index contributed by atoms with van der Waals surface area (Å²) < 4.78 is 41.8. The van der Waals surface area contributed by atoms with Crippen molar-refractivity contribution in [2.24, 2.45) is 11.3 Å². The predicted molar refractivity (Wildman–Crippen MR) is 115 cm³/mol. The average Bonchev–Trinajstić information content (AvgIpc) is 3.31. The molecule has 29 heavy (non-hydrogen) atoms. The van der Waals surface area contributed by atoms with E-state index < -0.39 is 20.7 Å². The smallest absolute Gasteiger partial charge is 0.266 e. The van der Waals surface area contributed by atoms with Gasteiger partial charge in [-0.3, -0.25) is 9.62 Å². The highest BCUT2D eigenvalue weighted by Crippen LogP contribution is 2.42. The van der Waals surface area contributed by atoms with Gasteiger partial charge in [0, 0.05) is 30.7 Å². The number of nitrogens with zero attached hydrogens (tertiary/aromatic N) is 2. The number of rotatable bonds is 6. The van der Waals surface area contributed by atoms with Crippen molar-refractivity contribution in [2.45, 2.75) is 37.6 Å². The van der Waals surface area contributed by atoms with Crippen LogP contribution in [0, 0.1) is 17.2 Å². The number of anilines is 2. The zero-order valence-corrected chi connectivity index (χ0v) is 18.7. The molecule has 2 saturated heterocycles. The molecule has 2 fully saturated rings. The molecular formula is C19H24ClFN4O2S2. The molecule has 1 unspecified atom stereocenters. The van der Waals surface area contributed by atoms with Crippen LogP contribution in [0.15, 0.2) is 28.6 Å². The maximum absolute atomic E-state index is 14.6.